The minimum atomic E-state index is 1.09. The Morgan fingerprint density at radius 1 is 0.242 bits per heavy atom. The van der Waals surface area contributed by atoms with E-state index in [1.807, 2.05) is 0 Å². The third-order valence-electron chi connectivity index (χ3n) is 12.5. The Balaban J connectivity index is 0.930. The minimum absolute atomic E-state index is 1.09. The van der Waals surface area contributed by atoms with Crippen LogP contribution in [0.25, 0.3) is 93.2 Å². The first-order chi connectivity index (χ1) is 30.7. The summed E-state index contributed by atoms with van der Waals surface area (Å²) in [6.45, 7) is 0. The fraction of sp³-hybridized carbons (Fsp3) is 0. The van der Waals surface area contributed by atoms with Gasteiger partial charge < -0.3 is 9.47 Å². The highest BCUT2D eigenvalue weighted by molar-refractivity contribution is 6.09. The number of fused-ring (bicyclic) bond motifs is 6. The lowest BCUT2D eigenvalue weighted by Crippen LogP contribution is -2.10. The average molecular weight is 789 g/mol. The molecule has 0 unspecified atom stereocenters. The van der Waals surface area contributed by atoms with Gasteiger partial charge in [0.1, 0.15) is 0 Å². The van der Waals surface area contributed by atoms with E-state index in [-0.39, 0.29) is 0 Å². The van der Waals surface area contributed by atoms with Crippen LogP contribution in [0.1, 0.15) is 0 Å². The average Bonchev–Trinajstić information content (AvgIpc) is 3.68. The van der Waals surface area contributed by atoms with Crippen LogP contribution in [-0.4, -0.2) is 4.57 Å². The Hall–Kier alpha value is -8.20. The van der Waals surface area contributed by atoms with Crippen LogP contribution in [-0.2, 0) is 0 Å². The molecule has 12 rings (SSSR count). The number of anilines is 3. The van der Waals surface area contributed by atoms with Crippen molar-refractivity contribution in [1.82, 2.24) is 4.57 Å². The van der Waals surface area contributed by atoms with Crippen LogP contribution in [0.3, 0.4) is 0 Å². The summed E-state index contributed by atoms with van der Waals surface area (Å²) in [6.07, 6.45) is 0. The van der Waals surface area contributed by atoms with Crippen molar-refractivity contribution in [2.45, 2.75) is 0 Å². The maximum Gasteiger partial charge on any atom is 0.0541 e. The van der Waals surface area contributed by atoms with Crippen molar-refractivity contribution in [2.24, 2.45) is 0 Å². The molecular formula is C60H40N2. The zero-order chi connectivity index (χ0) is 41.0. The van der Waals surface area contributed by atoms with E-state index in [0.717, 1.165) is 22.7 Å². The van der Waals surface area contributed by atoms with E-state index < -0.39 is 0 Å². The molecule has 0 aliphatic rings. The Morgan fingerprint density at radius 2 is 0.677 bits per heavy atom. The van der Waals surface area contributed by atoms with Gasteiger partial charge in [-0.15, -0.1) is 0 Å². The van der Waals surface area contributed by atoms with E-state index in [1.54, 1.807) is 0 Å². The molecule has 290 valence electrons. The standard InChI is InChI=1S/C60H40N2/c1-2-12-44-35-50(24-23-41(44)11-1)48-16-10-17-55(40-48)61(54-33-29-43(30-34-54)49-25-26-51-36-45-13-3-4-14-46(45)37-52(51)38-49)53-31-27-42(28-32-53)47-15-9-18-56(39-47)62-59-21-7-5-19-57(59)58-20-6-8-22-60(58)62/h1-40H. The number of para-hydroxylation sites is 2. The summed E-state index contributed by atoms with van der Waals surface area (Å²) < 4.78 is 2.39. The topological polar surface area (TPSA) is 8.17 Å². The monoisotopic (exact) mass is 788 g/mol. The summed E-state index contributed by atoms with van der Waals surface area (Å²) in [7, 11) is 0. The second kappa shape index (κ2) is 14.8. The summed E-state index contributed by atoms with van der Waals surface area (Å²) >= 11 is 0. The molecule has 0 bridgehead atoms. The SMILES string of the molecule is c1cc(-c2ccc3ccccc3c2)cc(N(c2ccc(-c3cccc(-n4c5ccccc5c5ccccc54)c3)cc2)c2ccc(-c3ccc4cc5ccccc5cc4c3)cc2)c1. The van der Waals surface area contributed by atoms with Gasteiger partial charge in [-0.05, 0) is 151 Å². The first-order valence-corrected chi connectivity index (χ1v) is 21.3. The molecule has 62 heavy (non-hydrogen) atoms. The van der Waals surface area contributed by atoms with E-state index in [1.165, 1.54) is 87.5 Å². The summed E-state index contributed by atoms with van der Waals surface area (Å²) in [5.74, 6) is 0. The second-order valence-electron chi connectivity index (χ2n) is 16.2. The van der Waals surface area contributed by atoms with Crippen LogP contribution in [0.15, 0.2) is 243 Å². The van der Waals surface area contributed by atoms with Gasteiger partial charge in [-0.3, -0.25) is 0 Å². The van der Waals surface area contributed by atoms with Crippen molar-refractivity contribution in [2.75, 3.05) is 4.90 Å². The predicted octanol–water partition coefficient (Wildman–Crippen LogP) is 16.7. The molecule has 2 nitrogen and oxygen atoms in total. The van der Waals surface area contributed by atoms with E-state index >= 15 is 0 Å². The van der Waals surface area contributed by atoms with Crippen LogP contribution in [0.4, 0.5) is 17.1 Å². The Labute approximate surface area is 360 Å². The molecule has 1 aromatic heterocycles. The molecule has 11 aromatic carbocycles. The van der Waals surface area contributed by atoms with E-state index in [2.05, 4.69) is 252 Å². The normalized spacial score (nSPS) is 11.5. The molecule has 0 amide bonds. The maximum atomic E-state index is 2.39. The quantitative estimate of drug-likeness (QED) is 0.146. The lowest BCUT2D eigenvalue weighted by molar-refractivity contribution is 1.18. The van der Waals surface area contributed by atoms with Crippen molar-refractivity contribution in [3.63, 3.8) is 0 Å². The van der Waals surface area contributed by atoms with Crippen LogP contribution >= 0.6 is 0 Å². The minimum Gasteiger partial charge on any atom is -0.310 e. The van der Waals surface area contributed by atoms with Gasteiger partial charge in [-0.25, -0.2) is 0 Å². The molecule has 0 fully saturated rings. The number of hydrogen-bond acceptors (Lipinski definition) is 1. The van der Waals surface area contributed by atoms with Crippen molar-refractivity contribution in [3.8, 4) is 39.1 Å². The molecule has 0 aliphatic carbocycles. The fourth-order valence-electron chi connectivity index (χ4n) is 9.39. The largest absolute Gasteiger partial charge is 0.310 e. The second-order valence-corrected chi connectivity index (χ2v) is 16.2. The first-order valence-electron chi connectivity index (χ1n) is 21.3. The highest BCUT2D eigenvalue weighted by Gasteiger charge is 2.16. The Kier molecular flexibility index (Phi) is 8.53. The van der Waals surface area contributed by atoms with Crippen molar-refractivity contribution < 1.29 is 0 Å². The van der Waals surface area contributed by atoms with Gasteiger partial charge in [0.2, 0.25) is 0 Å². The summed E-state index contributed by atoms with van der Waals surface area (Å²) in [5.41, 5.74) is 14.0. The molecule has 12 aromatic rings. The molecule has 0 atom stereocenters. The highest BCUT2D eigenvalue weighted by Crippen LogP contribution is 2.40. The van der Waals surface area contributed by atoms with Crippen molar-refractivity contribution in [3.05, 3.63) is 243 Å². The molecule has 2 heteroatoms. The molecule has 0 saturated heterocycles. The van der Waals surface area contributed by atoms with Gasteiger partial charge in [0.15, 0.2) is 0 Å². The third-order valence-corrected chi connectivity index (χ3v) is 12.5. The van der Waals surface area contributed by atoms with Crippen LogP contribution < -0.4 is 4.90 Å². The number of hydrogen-bond donors (Lipinski definition) is 0. The summed E-state index contributed by atoms with van der Waals surface area (Å²) in [4.78, 5) is 2.37. The third kappa shape index (κ3) is 6.29. The smallest absolute Gasteiger partial charge is 0.0541 e. The summed E-state index contributed by atoms with van der Waals surface area (Å²) in [6, 6.07) is 88.6. The fourth-order valence-corrected chi connectivity index (χ4v) is 9.39. The van der Waals surface area contributed by atoms with E-state index in [9.17, 15) is 0 Å². The van der Waals surface area contributed by atoms with Gasteiger partial charge in [-0.2, -0.15) is 0 Å². The molecule has 0 saturated carbocycles. The van der Waals surface area contributed by atoms with Gasteiger partial charge in [0.25, 0.3) is 0 Å². The first kappa shape index (κ1) is 35.7. The predicted molar refractivity (Wildman–Crippen MR) is 264 cm³/mol. The van der Waals surface area contributed by atoms with Crippen molar-refractivity contribution in [1.29, 1.82) is 0 Å². The van der Waals surface area contributed by atoms with Gasteiger partial charge in [0.05, 0.1) is 11.0 Å². The number of nitrogens with zero attached hydrogens (tertiary/aromatic N) is 2. The lowest BCUT2D eigenvalue weighted by atomic mass is 9.98. The number of aromatic nitrogens is 1. The van der Waals surface area contributed by atoms with Gasteiger partial charge >= 0.3 is 0 Å². The van der Waals surface area contributed by atoms with Crippen molar-refractivity contribution >= 4 is 71.2 Å². The van der Waals surface area contributed by atoms with Crippen LogP contribution in [0.2, 0.25) is 0 Å². The number of benzene rings is 11. The van der Waals surface area contributed by atoms with E-state index in [0.29, 0.717) is 0 Å². The molecule has 0 N–H and O–H groups in total. The summed E-state index contributed by atoms with van der Waals surface area (Å²) in [5, 5.41) is 10.0. The molecule has 0 aliphatic heterocycles. The van der Waals surface area contributed by atoms with Gasteiger partial charge in [0, 0.05) is 33.5 Å². The Bertz CT molecular complexity index is 3580. The zero-order valence-corrected chi connectivity index (χ0v) is 34.0. The molecule has 0 spiro atoms. The van der Waals surface area contributed by atoms with Crippen LogP contribution in [0.5, 0.6) is 0 Å². The van der Waals surface area contributed by atoms with E-state index in [4.69, 9.17) is 0 Å². The maximum absolute atomic E-state index is 2.39. The number of rotatable bonds is 7. The zero-order valence-electron chi connectivity index (χ0n) is 34.0. The highest BCUT2D eigenvalue weighted by atomic mass is 15.1. The van der Waals surface area contributed by atoms with Crippen LogP contribution in [0, 0.1) is 0 Å². The molecule has 0 radical (unpaired) electrons. The lowest BCUT2D eigenvalue weighted by Gasteiger charge is -2.26. The molecular weight excluding hydrogens is 749 g/mol. The van der Waals surface area contributed by atoms with Gasteiger partial charge in [-0.1, -0.05) is 158 Å². The Morgan fingerprint density at radius 3 is 1.32 bits per heavy atom. The molecule has 1 heterocycles.